The summed E-state index contributed by atoms with van der Waals surface area (Å²) in [5, 5.41) is 10.5. The summed E-state index contributed by atoms with van der Waals surface area (Å²) in [5.74, 6) is 0.775. The van der Waals surface area contributed by atoms with Crippen LogP contribution in [0.4, 0.5) is 0 Å². The van der Waals surface area contributed by atoms with Gasteiger partial charge in [0.05, 0.1) is 12.2 Å². The average molecular weight is 258 g/mol. The summed E-state index contributed by atoms with van der Waals surface area (Å²) in [7, 11) is 0. The quantitative estimate of drug-likeness (QED) is 0.852. The van der Waals surface area contributed by atoms with Gasteiger partial charge in [0, 0.05) is 18.0 Å². The monoisotopic (exact) mass is 257 g/mol. The summed E-state index contributed by atoms with van der Waals surface area (Å²) in [6.45, 7) is 6.25. The van der Waals surface area contributed by atoms with Gasteiger partial charge in [-0.2, -0.15) is 0 Å². The largest absolute Gasteiger partial charge is 0.493 e. The molecule has 17 heavy (non-hydrogen) atoms. The second-order valence-electron chi connectivity index (χ2n) is 4.67. The van der Waals surface area contributed by atoms with Crippen LogP contribution in [0.3, 0.4) is 0 Å². The van der Waals surface area contributed by atoms with Gasteiger partial charge in [-0.25, -0.2) is 0 Å². The Hall–Kier alpha value is -0.770. The van der Waals surface area contributed by atoms with E-state index < -0.39 is 5.60 Å². The summed E-state index contributed by atoms with van der Waals surface area (Å²) in [5.41, 5.74) is 6.55. The Balaban J connectivity index is 2.59. The molecule has 0 heterocycles. The van der Waals surface area contributed by atoms with Crippen LogP contribution in [0.1, 0.15) is 24.5 Å². The van der Waals surface area contributed by atoms with Crippen molar-refractivity contribution in [3.63, 3.8) is 0 Å². The minimum Gasteiger partial charge on any atom is -0.493 e. The molecule has 0 spiro atoms. The molecule has 0 aliphatic heterocycles. The minimum atomic E-state index is -0.865. The van der Waals surface area contributed by atoms with Gasteiger partial charge >= 0.3 is 0 Å². The molecule has 0 aromatic heterocycles. The zero-order valence-corrected chi connectivity index (χ0v) is 11.3. The van der Waals surface area contributed by atoms with E-state index in [4.69, 9.17) is 22.1 Å². The number of hydrogen-bond acceptors (Lipinski definition) is 3. The Morgan fingerprint density at radius 2 is 1.88 bits per heavy atom. The third-order valence-corrected chi connectivity index (χ3v) is 3.36. The van der Waals surface area contributed by atoms with Crippen molar-refractivity contribution in [3.05, 3.63) is 28.3 Å². The van der Waals surface area contributed by atoms with Crippen molar-refractivity contribution < 1.29 is 9.84 Å². The normalized spacial score (nSPS) is 14.5. The molecule has 1 aromatic carbocycles. The van der Waals surface area contributed by atoms with Gasteiger partial charge in [0.1, 0.15) is 5.75 Å². The van der Waals surface area contributed by atoms with E-state index in [0.717, 1.165) is 21.9 Å². The molecule has 0 aliphatic rings. The lowest BCUT2D eigenvalue weighted by molar-refractivity contribution is 0.0453. The first-order valence-electron chi connectivity index (χ1n) is 5.68. The van der Waals surface area contributed by atoms with Gasteiger partial charge in [-0.05, 0) is 44.0 Å². The third-order valence-electron chi connectivity index (χ3n) is 2.76. The standard InChI is InChI=1S/C13H20ClNO2/c1-9-6-11(7-10(2)12(9)14)17-5-4-13(3,16)8-15/h6-7,16H,4-5,8,15H2,1-3H3. The highest BCUT2D eigenvalue weighted by Crippen LogP contribution is 2.26. The van der Waals surface area contributed by atoms with Crippen molar-refractivity contribution >= 4 is 11.6 Å². The molecule has 96 valence electrons. The predicted octanol–water partition coefficient (Wildman–Crippen LogP) is 2.44. The van der Waals surface area contributed by atoms with Crippen molar-refractivity contribution in [2.24, 2.45) is 5.73 Å². The number of aliphatic hydroxyl groups is 1. The molecule has 0 saturated heterocycles. The molecule has 1 aromatic rings. The fourth-order valence-corrected chi connectivity index (χ4v) is 1.59. The van der Waals surface area contributed by atoms with Crippen molar-refractivity contribution in [1.82, 2.24) is 0 Å². The van der Waals surface area contributed by atoms with Crippen molar-refractivity contribution in [1.29, 1.82) is 0 Å². The van der Waals surface area contributed by atoms with Crippen LogP contribution < -0.4 is 10.5 Å². The van der Waals surface area contributed by atoms with E-state index >= 15 is 0 Å². The number of nitrogens with two attached hydrogens (primary N) is 1. The third kappa shape index (κ3) is 4.19. The van der Waals surface area contributed by atoms with E-state index in [2.05, 4.69) is 0 Å². The molecule has 1 rings (SSSR count). The van der Waals surface area contributed by atoms with Crippen LogP contribution in [0.5, 0.6) is 5.75 Å². The first-order chi connectivity index (χ1) is 7.85. The van der Waals surface area contributed by atoms with Gasteiger partial charge in [-0.15, -0.1) is 0 Å². The summed E-state index contributed by atoms with van der Waals surface area (Å²) >= 11 is 6.07. The lowest BCUT2D eigenvalue weighted by atomic mass is 10.0. The van der Waals surface area contributed by atoms with Crippen LogP contribution in [-0.4, -0.2) is 23.9 Å². The molecule has 0 bridgehead atoms. The Morgan fingerprint density at radius 3 is 2.35 bits per heavy atom. The molecular weight excluding hydrogens is 238 g/mol. The zero-order valence-electron chi connectivity index (χ0n) is 10.6. The van der Waals surface area contributed by atoms with E-state index in [1.165, 1.54) is 0 Å². The number of ether oxygens (including phenoxy) is 1. The molecule has 0 radical (unpaired) electrons. The molecule has 0 saturated carbocycles. The first-order valence-corrected chi connectivity index (χ1v) is 6.05. The number of aryl methyl sites for hydroxylation is 2. The smallest absolute Gasteiger partial charge is 0.119 e. The van der Waals surface area contributed by atoms with Crippen LogP contribution in [0.15, 0.2) is 12.1 Å². The van der Waals surface area contributed by atoms with E-state index in [1.54, 1.807) is 6.92 Å². The molecule has 4 heteroatoms. The van der Waals surface area contributed by atoms with Gasteiger partial charge in [0.25, 0.3) is 0 Å². The van der Waals surface area contributed by atoms with E-state index in [1.807, 2.05) is 26.0 Å². The minimum absolute atomic E-state index is 0.231. The van der Waals surface area contributed by atoms with Gasteiger partial charge in [0.2, 0.25) is 0 Å². The summed E-state index contributed by atoms with van der Waals surface area (Å²) in [6, 6.07) is 3.79. The molecule has 1 atom stereocenters. The lowest BCUT2D eigenvalue weighted by Gasteiger charge is -2.21. The second kappa shape index (κ2) is 5.71. The van der Waals surface area contributed by atoms with Crippen LogP contribution in [0.25, 0.3) is 0 Å². The molecule has 1 unspecified atom stereocenters. The highest BCUT2D eigenvalue weighted by molar-refractivity contribution is 6.32. The number of rotatable bonds is 5. The number of halogens is 1. The molecule has 3 N–H and O–H groups in total. The molecular formula is C13H20ClNO2. The summed E-state index contributed by atoms with van der Waals surface area (Å²) < 4.78 is 5.59. The summed E-state index contributed by atoms with van der Waals surface area (Å²) in [4.78, 5) is 0. The Kier molecular flexibility index (Phi) is 4.80. The second-order valence-corrected chi connectivity index (χ2v) is 5.05. The van der Waals surface area contributed by atoms with Crippen molar-refractivity contribution in [2.45, 2.75) is 32.8 Å². The Labute approximate surface area is 108 Å². The van der Waals surface area contributed by atoms with Crippen molar-refractivity contribution in [3.8, 4) is 5.75 Å². The Morgan fingerprint density at radius 1 is 1.35 bits per heavy atom. The predicted molar refractivity (Wildman–Crippen MR) is 70.7 cm³/mol. The fourth-order valence-electron chi connectivity index (χ4n) is 1.48. The maximum atomic E-state index is 9.73. The Bertz CT molecular complexity index is 368. The fraction of sp³-hybridized carbons (Fsp3) is 0.538. The molecule has 0 amide bonds. The highest BCUT2D eigenvalue weighted by Gasteiger charge is 2.17. The van der Waals surface area contributed by atoms with Crippen molar-refractivity contribution in [2.75, 3.05) is 13.2 Å². The number of benzene rings is 1. The molecule has 0 fully saturated rings. The molecule has 3 nitrogen and oxygen atoms in total. The number of hydrogen-bond donors (Lipinski definition) is 2. The van der Waals surface area contributed by atoms with Crippen LogP contribution >= 0.6 is 11.6 Å². The van der Waals surface area contributed by atoms with Crippen LogP contribution in [0, 0.1) is 13.8 Å². The highest BCUT2D eigenvalue weighted by atomic mass is 35.5. The average Bonchev–Trinajstić information content (AvgIpc) is 2.25. The lowest BCUT2D eigenvalue weighted by Crippen LogP contribution is -2.35. The van der Waals surface area contributed by atoms with Crippen LogP contribution in [0.2, 0.25) is 5.02 Å². The van der Waals surface area contributed by atoms with Gasteiger partial charge in [0.15, 0.2) is 0 Å². The zero-order chi connectivity index (χ0) is 13.1. The molecule has 0 aliphatic carbocycles. The van der Waals surface area contributed by atoms with Gasteiger partial charge in [-0.3, -0.25) is 0 Å². The SMILES string of the molecule is Cc1cc(OCCC(C)(O)CN)cc(C)c1Cl. The van der Waals surface area contributed by atoms with Gasteiger partial charge < -0.3 is 15.6 Å². The topological polar surface area (TPSA) is 55.5 Å². The summed E-state index contributed by atoms with van der Waals surface area (Å²) in [6.07, 6.45) is 0.504. The van der Waals surface area contributed by atoms with Gasteiger partial charge in [-0.1, -0.05) is 11.6 Å². The van der Waals surface area contributed by atoms with E-state index in [0.29, 0.717) is 13.0 Å². The maximum absolute atomic E-state index is 9.73. The maximum Gasteiger partial charge on any atom is 0.119 e. The van der Waals surface area contributed by atoms with E-state index in [-0.39, 0.29) is 6.54 Å². The van der Waals surface area contributed by atoms with Crippen LogP contribution in [-0.2, 0) is 0 Å². The van der Waals surface area contributed by atoms with E-state index in [9.17, 15) is 5.11 Å². The first kappa shape index (κ1) is 14.3.